The van der Waals surface area contributed by atoms with Gasteiger partial charge >= 0.3 is 5.97 Å². The normalized spacial score (nSPS) is 11.1. The summed E-state index contributed by atoms with van der Waals surface area (Å²) in [5, 5.41) is 12.8. The molecule has 2 aromatic carbocycles. The van der Waals surface area contributed by atoms with Gasteiger partial charge in [-0.05, 0) is 48.5 Å². The largest absolute Gasteiger partial charge is 0.477 e. The molecular weight excluding hydrogens is 327 g/mol. The molecule has 0 unspecified atom stereocenters. The smallest absolute Gasteiger partial charge is 0.352 e. The van der Waals surface area contributed by atoms with Crippen LogP contribution in [0.1, 0.15) is 21.0 Å². The molecule has 0 radical (unpaired) electrons. The van der Waals surface area contributed by atoms with Crippen molar-refractivity contribution in [2.75, 3.05) is 5.32 Å². The fraction of sp³-hybridized carbons (Fsp3) is 0. The molecule has 124 valence electrons. The zero-order valence-corrected chi connectivity index (χ0v) is 12.7. The Morgan fingerprint density at radius 2 is 1.88 bits per heavy atom. The first-order chi connectivity index (χ1) is 12.0. The van der Waals surface area contributed by atoms with Crippen LogP contribution in [-0.2, 0) is 0 Å². The average Bonchev–Trinajstić information content (AvgIpc) is 3.17. The highest BCUT2D eigenvalue weighted by Crippen LogP contribution is 2.23. The molecule has 0 aliphatic heterocycles. The van der Waals surface area contributed by atoms with E-state index in [1.54, 1.807) is 18.2 Å². The number of rotatable bonds is 3. The van der Waals surface area contributed by atoms with Gasteiger partial charge in [0.2, 0.25) is 0 Å². The van der Waals surface area contributed by atoms with Crippen LogP contribution in [0.15, 0.2) is 52.9 Å². The lowest BCUT2D eigenvalue weighted by molar-refractivity contribution is 0.0691. The first-order valence-electron chi connectivity index (χ1n) is 7.36. The Morgan fingerprint density at radius 3 is 2.68 bits per heavy atom. The molecule has 1 amide bonds. The number of benzene rings is 2. The monoisotopic (exact) mass is 338 g/mol. The van der Waals surface area contributed by atoms with E-state index in [-0.39, 0.29) is 11.5 Å². The van der Waals surface area contributed by atoms with E-state index in [9.17, 15) is 14.0 Å². The molecule has 0 atom stereocenters. The number of carboxylic acids is 1. The fourth-order valence-corrected chi connectivity index (χ4v) is 2.64. The maximum absolute atomic E-state index is 13.2. The molecule has 3 N–H and O–H groups in total. The minimum atomic E-state index is -1.06. The number of hydrogen-bond donors (Lipinski definition) is 3. The molecule has 25 heavy (non-hydrogen) atoms. The second-order valence-electron chi connectivity index (χ2n) is 5.54. The maximum Gasteiger partial charge on any atom is 0.352 e. The summed E-state index contributed by atoms with van der Waals surface area (Å²) in [6, 6.07) is 11.9. The quantitative estimate of drug-likeness (QED) is 0.526. The Hall–Kier alpha value is -3.61. The summed E-state index contributed by atoms with van der Waals surface area (Å²) < 4.78 is 18.6. The highest BCUT2D eigenvalue weighted by molar-refractivity contribution is 6.05. The van der Waals surface area contributed by atoms with Gasteiger partial charge in [-0.15, -0.1) is 0 Å². The van der Waals surface area contributed by atoms with Crippen LogP contribution < -0.4 is 5.32 Å². The van der Waals surface area contributed by atoms with E-state index in [4.69, 9.17) is 9.52 Å². The second kappa shape index (κ2) is 5.48. The predicted molar refractivity (Wildman–Crippen MR) is 89.4 cm³/mol. The second-order valence-corrected chi connectivity index (χ2v) is 5.54. The number of aromatic amines is 1. The van der Waals surface area contributed by atoms with Gasteiger partial charge in [-0.2, -0.15) is 0 Å². The van der Waals surface area contributed by atoms with Gasteiger partial charge in [0.1, 0.15) is 17.1 Å². The minimum absolute atomic E-state index is 0.0565. The number of fused-ring (bicyclic) bond motifs is 2. The van der Waals surface area contributed by atoms with Crippen LogP contribution in [-0.4, -0.2) is 22.0 Å². The van der Waals surface area contributed by atoms with Gasteiger partial charge in [0.05, 0.1) is 0 Å². The molecule has 4 rings (SSSR count). The van der Waals surface area contributed by atoms with Crippen molar-refractivity contribution in [2.45, 2.75) is 0 Å². The van der Waals surface area contributed by atoms with E-state index in [1.807, 2.05) is 0 Å². The van der Waals surface area contributed by atoms with Gasteiger partial charge in [-0.25, -0.2) is 9.18 Å². The lowest BCUT2D eigenvalue weighted by atomic mass is 10.2. The van der Waals surface area contributed by atoms with Crippen LogP contribution >= 0.6 is 0 Å². The number of H-pyrrole nitrogens is 1. The summed E-state index contributed by atoms with van der Waals surface area (Å²) in [7, 11) is 0. The number of furan rings is 1. The van der Waals surface area contributed by atoms with E-state index in [2.05, 4.69) is 10.3 Å². The summed E-state index contributed by atoms with van der Waals surface area (Å²) in [5.74, 6) is -1.89. The summed E-state index contributed by atoms with van der Waals surface area (Å²) in [5.41, 5.74) is 1.62. The van der Waals surface area contributed by atoms with Gasteiger partial charge in [-0.3, -0.25) is 4.79 Å². The average molecular weight is 338 g/mol. The zero-order chi connectivity index (χ0) is 17.6. The van der Waals surface area contributed by atoms with Crippen molar-refractivity contribution < 1.29 is 23.5 Å². The van der Waals surface area contributed by atoms with Crippen LogP contribution in [0.5, 0.6) is 0 Å². The molecule has 0 spiro atoms. The third kappa shape index (κ3) is 2.72. The van der Waals surface area contributed by atoms with E-state index < -0.39 is 17.7 Å². The number of hydrogen-bond acceptors (Lipinski definition) is 3. The first-order valence-corrected chi connectivity index (χ1v) is 7.36. The fourth-order valence-electron chi connectivity index (χ4n) is 2.64. The first kappa shape index (κ1) is 14.9. The third-order valence-electron chi connectivity index (χ3n) is 3.81. The highest BCUT2D eigenvalue weighted by atomic mass is 19.1. The number of anilines is 1. The van der Waals surface area contributed by atoms with E-state index in [0.29, 0.717) is 27.6 Å². The predicted octanol–water partition coefficient (Wildman–Crippen LogP) is 4.00. The number of amides is 1. The van der Waals surface area contributed by atoms with E-state index in [1.165, 1.54) is 30.3 Å². The Kier molecular flexibility index (Phi) is 3.28. The summed E-state index contributed by atoms with van der Waals surface area (Å²) >= 11 is 0. The van der Waals surface area contributed by atoms with Crippen molar-refractivity contribution >= 4 is 39.4 Å². The lowest BCUT2D eigenvalue weighted by Crippen LogP contribution is -2.10. The molecule has 2 heterocycles. The number of carboxylic acid groups (broad SMARTS) is 1. The topological polar surface area (TPSA) is 95.3 Å². The Labute approximate surface area is 139 Å². The molecule has 0 saturated carbocycles. The molecule has 0 fully saturated rings. The number of carbonyl (C=O) groups is 2. The summed E-state index contributed by atoms with van der Waals surface area (Å²) in [4.78, 5) is 26.1. The van der Waals surface area contributed by atoms with Crippen LogP contribution in [0.2, 0.25) is 0 Å². The van der Waals surface area contributed by atoms with Gasteiger partial charge in [0.15, 0.2) is 5.76 Å². The van der Waals surface area contributed by atoms with Crippen LogP contribution in [0.4, 0.5) is 10.1 Å². The number of aromatic nitrogens is 1. The van der Waals surface area contributed by atoms with Gasteiger partial charge in [-0.1, -0.05) is 0 Å². The van der Waals surface area contributed by atoms with E-state index in [0.717, 1.165) is 0 Å². The SMILES string of the molecule is O=C(O)c1cc2cc(NC(=O)c3cc4cc(F)ccc4o3)ccc2[nH]1. The van der Waals surface area contributed by atoms with Crippen molar-refractivity contribution in [3.05, 3.63) is 65.8 Å². The molecule has 2 aromatic heterocycles. The number of nitrogens with one attached hydrogen (secondary N) is 2. The van der Waals surface area contributed by atoms with Crippen molar-refractivity contribution in [3.8, 4) is 0 Å². The Bertz CT molecular complexity index is 1140. The number of halogens is 1. The zero-order valence-electron chi connectivity index (χ0n) is 12.7. The minimum Gasteiger partial charge on any atom is -0.477 e. The van der Waals surface area contributed by atoms with Gasteiger partial charge in [0.25, 0.3) is 5.91 Å². The summed E-state index contributed by atoms with van der Waals surface area (Å²) in [6.07, 6.45) is 0. The van der Waals surface area contributed by atoms with Gasteiger partial charge in [0, 0.05) is 22.0 Å². The van der Waals surface area contributed by atoms with Gasteiger partial charge < -0.3 is 19.8 Å². The molecular formula is C18H11FN2O4. The number of aromatic carboxylic acids is 1. The molecule has 0 aliphatic carbocycles. The highest BCUT2D eigenvalue weighted by Gasteiger charge is 2.14. The van der Waals surface area contributed by atoms with Crippen LogP contribution in [0.3, 0.4) is 0 Å². The molecule has 0 saturated heterocycles. The molecule has 4 aromatic rings. The standard InChI is InChI=1S/C18H11FN2O4/c19-11-1-4-15-10(5-11)8-16(25-15)17(22)20-12-2-3-13-9(6-12)7-14(21-13)18(23)24/h1-8,21H,(H,20,22)(H,23,24). The van der Waals surface area contributed by atoms with E-state index >= 15 is 0 Å². The Balaban J connectivity index is 1.62. The van der Waals surface area contributed by atoms with Crippen molar-refractivity contribution in [2.24, 2.45) is 0 Å². The molecule has 7 heteroatoms. The molecule has 6 nitrogen and oxygen atoms in total. The Morgan fingerprint density at radius 1 is 1.04 bits per heavy atom. The number of carbonyl (C=O) groups excluding carboxylic acids is 1. The molecule has 0 aliphatic rings. The van der Waals surface area contributed by atoms with Crippen molar-refractivity contribution in [1.29, 1.82) is 0 Å². The summed E-state index contributed by atoms with van der Waals surface area (Å²) in [6.45, 7) is 0. The lowest BCUT2D eigenvalue weighted by Gasteiger charge is -2.03. The third-order valence-corrected chi connectivity index (χ3v) is 3.81. The maximum atomic E-state index is 13.2. The molecule has 0 bridgehead atoms. The van der Waals surface area contributed by atoms with Crippen LogP contribution in [0.25, 0.3) is 21.9 Å². The van der Waals surface area contributed by atoms with Crippen molar-refractivity contribution in [3.63, 3.8) is 0 Å². The van der Waals surface area contributed by atoms with Crippen molar-refractivity contribution in [1.82, 2.24) is 4.98 Å². The van der Waals surface area contributed by atoms with Crippen LogP contribution in [0, 0.1) is 5.82 Å².